The standard InChI is InChI=1S/C13H20F2N2/c1-9(2)8-17-12(7-16)10-4-3-5-11(6-10)13(14)15/h3-6,9,12-13,17H,7-8,16H2,1-2H3. The van der Waals surface area contributed by atoms with Gasteiger partial charge in [0, 0.05) is 18.2 Å². The van der Waals surface area contributed by atoms with Crippen LogP contribution in [0.1, 0.15) is 37.4 Å². The first-order valence-electron chi connectivity index (χ1n) is 5.86. The fourth-order valence-corrected chi connectivity index (χ4v) is 1.63. The fourth-order valence-electron chi connectivity index (χ4n) is 1.63. The molecule has 17 heavy (non-hydrogen) atoms. The van der Waals surface area contributed by atoms with Gasteiger partial charge in [-0.25, -0.2) is 8.78 Å². The van der Waals surface area contributed by atoms with Crippen LogP contribution in [0.25, 0.3) is 0 Å². The summed E-state index contributed by atoms with van der Waals surface area (Å²) in [6, 6.07) is 6.38. The molecule has 0 heterocycles. The summed E-state index contributed by atoms with van der Waals surface area (Å²) in [5, 5.41) is 3.28. The Bertz CT molecular complexity index is 340. The zero-order chi connectivity index (χ0) is 12.8. The highest BCUT2D eigenvalue weighted by Crippen LogP contribution is 2.22. The van der Waals surface area contributed by atoms with E-state index < -0.39 is 6.43 Å². The minimum absolute atomic E-state index is 0.0484. The first-order chi connectivity index (χ1) is 8.04. The molecule has 0 fully saturated rings. The van der Waals surface area contributed by atoms with E-state index in [4.69, 9.17) is 5.73 Å². The monoisotopic (exact) mass is 242 g/mol. The number of rotatable bonds is 6. The molecule has 0 radical (unpaired) electrons. The van der Waals surface area contributed by atoms with E-state index in [2.05, 4.69) is 19.2 Å². The molecule has 96 valence electrons. The first-order valence-corrected chi connectivity index (χ1v) is 5.86. The second-order valence-corrected chi connectivity index (χ2v) is 4.56. The first kappa shape index (κ1) is 14.1. The average Bonchev–Trinajstić information content (AvgIpc) is 2.30. The van der Waals surface area contributed by atoms with E-state index >= 15 is 0 Å². The Hall–Kier alpha value is -1.00. The van der Waals surface area contributed by atoms with Crippen molar-refractivity contribution in [1.82, 2.24) is 5.32 Å². The largest absolute Gasteiger partial charge is 0.329 e. The summed E-state index contributed by atoms with van der Waals surface area (Å²) in [6.45, 7) is 5.41. The maximum Gasteiger partial charge on any atom is 0.263 e. The smallest absolute Gasteiger partial charge is 0.263 e. The lowest BCUT2D eigenvalue weighted by Gasteiger charge is -2.19. The van der Waals surface area contributed by atoms with Crippen LogP contribution in [0.4, 0.5) is 8.78 Å². The lowest BCUT2D eigenvalue weighted by atomic mass is 10.0. The summed E-state index contributed by atoms with van der Waals surface area (Å²) >= 11 is 0. The van der Waals surface area contributed by atoms with E-state index in [1.54, 1.807) is 6.07 Å². The summed E-state index contributed by atoms with van der Waals surface area (Å²) in [6.07, 6.45) is -2.43. The summed E-state index contributed by atoms with van der Waals surface area (Å²) in [5.41, 5.74) is 6.54. The van der Waals surface area contributed by atoms with Crippen LogP contribution in [-0.2, 0) is 0 Å². The molecule has 0 amide bonds. The van der Waals surface area contributed by atoms with Gasteiger partial charge in [0.2, 0.25) is 0 Å². The van der Waals surface area contributed by atoms with Gasteiger partial charge < -0.3 is 11.1 Å². The Labute approximate surface area is 101 Å². The van der Waals surface area contributed by atoms with Crippen LogP contribution >= 0.6 is 0 Å². The molecule has 1 atom stereocenters. The molecule has 3 N–H and O–H groups in total. The fraction of sp³-hybridized carbons (Fsp3) is 0.538. The lowest BCUT2D eigenvalue weighted by Crippen LogP contribution is -2.31. The van der Waals surface area contributed by atoms with Gasteiger partial charge in [-0.1, -0.05) is 32.0 Å². The minimum Gasteiger partial charge on any atom is -0.329 e. The maximum atomic E-state index is 12.6. The Morgan fingerprint density at radius 1 is 1.24 bits per heavy atom. The van der Waals surface area contributed by atoms with Gasteiger partial charge in [-0.15, -0.1) is 0 Å². The Morgan fingerprint density at radius 3 is 2.41 bits per heavy atom. The SMILES string of the molecule is CC(C)CNC(CN)c1cccc(C(F)F)c1. The lowest BCUT2D eigenvalue weighted by molar-refractivity contribution is 0.151. The normalized spacial score (nSPS) is 13.4. The van der Waals surface area contributed by atoms with Gasteiger partial charge in [-0.2, -0.15) is 0 Å². The van der Waals surface area contributed by atoms with Gasteiger partial charge >= 0.3 is 0 Å². The summed E-state index contributed by atoms with van der Waals surface area (Å²) in [5.74, 6) is 0.502. The van der Waals surface area contributed by atoms with E-state index in [9.17, 15) is 8.78 Å². The van der Waals surface area contributed by atoms with Crippen LogP contribution in [0.2, 0.25) is 0 Å². The zero-order valence-electron chi connectivity index (χ0n) is 10.3. The van der Waals surface area contributed by atoms with Crippen molar-refractivity contribution in [3.8, 4) is 0 Å². The second kappa shape index (κ2) is 6.67. The molecule has 0 spiro atoms. The van der Waals surface area contributed by atoms with Crippen LogP contribution in [0.3, 0.4) is 0 Å². The van der Waals surface area contributed by atoms with Gasteiger partial charge in [0.1, 0.15) is 0 Å². The molecular weight excluding hydrogens is 222 g/mol. The minimum atomic E-state index is -2.43. The van der Waals surface area contributed by atoms with Crippen LogP contribution in [0, 0.1) is 5.92 Å². The molecule has 0 saturated heterocycles. The van der Waals surface area contributed by atoms with Crippen molar-refractivity contribution in [2.24, 2.45) is 11.7 Å². The Balaban J connectivity index is 2.77. The number of alkyl halides is 2. The van der Waals surface area contributed by atoms with E-state index in [1.807, 2.05) is 6.07 Å². The van der Waals surface area contributed by atoms with Gasteiger partial charge in [0.25, 0.3) is 6.43 Å². The Kier molecular flexibility index (Phi) is 5.51. The predicted molar refractivity (Wildman–Crippen MR) is 66.0 cm³/mol. The molecule has 1 rings (SSSR count). The van der Waals surface area contributed by atoms with Crippen molar-refractivity contribution in [3.63, 3.8) is 0 Å². The molecule has 4 heteroatoms. The van der Waals surface area contributed by atoms with E-state index in [0.717, 1.165) is 12.1 Å². The molecule has 0 aliphatic carbocycles. The average molecular weight is 242 g/mol. The van der Waals surface area contributed by atoms with E-state index in [1.165, 1.54) is 12.1 Å². The number of nitrogens with two attached hydrogens (primary N) is 1. The number of benzene rings is 1. The molecule has 1 aromatic rings. The number of hydrogen-bond donors (Lipinski definition) is 2. The maximum absolute atomic E-state index is 12.6. The summed E-state index contributed by atoms with van der Waals surface area (Å²) < 4.78 is 25.2. The molecule has 0 saturated carbocycles. The van der Waals surface area contributed by atoms with Crippen molar-refractivity contribution in [2.75, 3.05) is 13.1 Å². The van der Waals surface area contributed by atoms with Gasteiger partial charge in [-0.3, -0.25) is 0 Å². The molecule has 1 aromatic carbocycles. The van der Waals surface area contributed by atoms with Crippen LogP contribution in [0.15, 0.2) is 24.3 Å². The third-order valence-corrected chi connectivity index (χ3v) is 2.57. The summed E-state index contributed by atoms with van der Waals surface area (Å²) in [7, 11) is 0. The van der Waals surface area contributed by atoms with Gasteiger partial charge in [-0.05, 0) is 24.1 Å². The highest BCUT2D eigenvalue weighted by molar-refractivity contribution is 5.27. The Morgan fingerprint density at radius 2 is 1.88 bits per heavy atom. The van der Waals surface area contributed by atoms with Crippen LogP contribution in [0.5, 0.6) is 0 Å². The molecule has 0 aliphatic heterocycles. The third-order valence-electron chi connectivity index (χ3n) is 2.57. The quantitative estimate of drug-likeness (QED) is 0.805. The number of halogens is 2. The number of nitrogens with one attached hydrogen (secondary N) is 1. The predicted octanol–water partition coefficient (Wildman–Crippen LogP) is 2.87. The summed E-state index contributed by atoms with van der Waals surface area (Å²) in [4.78, 5) is 0. The molecule has 0 aromatic heterocycles. The van der Waals surface area contributed by atoms with E-state index in [-0.39, 0.29) is 11.6 Å². The second-order valence-electron chi connectivity index (χ2n) is 4.56. The molecule has 0 bridgehead atoms. The van der Waals surface area contributed by atoms with Gasteiger partial charge in [0.05, 0.1) is 0 Å². The molecular formula is C13H20F2N2. The van der Waals surface area contributed by atoms with Crippen molar-refractivity contribution in [3.05, 3.63) is 35.4 Å². The van der Waals surface area contributed by atoms with Crippen molar-refractivity contribution in [1.29, 1.82) is 0 Å². The zero-order valence-corrected chi connectivity index (χ0v) is 10.3. The van der Waals surface area contributed by atoms with Crippen LogP contribution in [-0.4, -0.2) is 13.1 Å². The van der Waals surface area contributed by atoms with Crippen molar-refractivity contribution < 1.29 is 8.78 Å². The van der Waals surface area contributed by atoms with Gasteiger partial charge in [0.15, 0.2) is 0 Å². The number of hydrogen-bond acceptors (Lipinski definition) is 2. The highest BCUT2D eigenvalue weighted by Gasteiger charge is 2.13. The third kappa shape index (κ3) is 4.40. The topological polar surface area (TPSA) is 38.0 Å². The molecule has 0 aliphatic rings. The van der Waals surface area contributed by atoms with Crippen molar-refractivity contribution in [2.45, 2.75) is 26.3 Å². The highest BCUT2D eigenvalue weighted by atomic mass is 19.3. The molecule has 1 unspecified atom stereocenters. The molecule has 2 nitrogen and oxygen atoms in total. The van der Waals surface area contributed by atoms with Crippen LogP contribution < -0.4 is 11.1 Å². The van der Waals surface area contributed by atoms with Crippen molar-refractivity contribution >= 4 is 0 Å². The van der Waals surface area contributed by atoms with E-state index in [0.29, 0.717) is 12.5 Å².